The van der Waals surface area contributed by atoms with Gasteiger partial charge in [-0.15, -0.1) is 0 Å². The second kappa shape index (κ2) is 8.95. The second-order valence-corrected chi connectivity index (χ2v) is 8.01. The normalized spacial score (nSPS) is 19.5. The summed E-state index contributed by atoms with van der Waals surface area (Å²) >= 11 is 6.29. The second-order valence-electron chi connectivity index (χ2n) is 7.60. The molecular formula is C24H26ClN3O. The van der Waals surface area contributed by atoms with Crippen molar-refractivity contribution < 1.29 is 4.79 Å². The van der Waals surface area contributed by atoms with Crippen LogP contribution in [0.2, 0.25) is 5.02 Å². The van der Waals surface area contributed by atoms with E-state index in [1.807, 2.05) is 24.3 Å². The van der Waals surface area contributed by atoms with Crippen LogP contribution in [0.1, 0.15) is 17.5 Å². The minimum Gasteiger partial charge on any atom is -0.358 e. The molecule has 29 heavy (non-hydrogen) atoms. The van der Waals surface area contributed by atoms with Crippen LogP contribution in [0, 0.1) is 0 Å². The van der Waals surface area contributed by atoms with Gasteiger partial charge >= 0.3 is 0 Å². The molecule has 0 aliphatic carbocycles. The van der Waals surface area contributed by atoms with Crippen LogP contribution in [-0.2, 0) is 17.9 Å². The van der Waals surface area contributed by atoms with Gasteiger partial charge in [0.1, 0.15) is 0 Å². The highest BCUT2D eigenvalue weighted by Crippen LogP contribution is 2.26. The molecule has 3 aromatic carbocycles. The highest BCUT2D eigenvalue weighted by atomic mass is 35.5. The van der Waals surface area contributed by atoms with Gasteiger partial charge in [0.25, 0.3) is 0 Å². The summed E-state index contributed by atoms with van der Waals surface area (Å²) in [5.41, 5.74) is 2.34. The van der Waals surface area contributed by atoms with E-state index < -0.39 is 0 Å². The summed E-state index contributed by atoms with van der Waals surface area (Å²) in [5, 5.41) is 9.68. The molecule has 3 aromatic rings. The van der Waals surface area contributed by atoms with Crippen molar-refractivity contribution >= 4 is 28.3 Å². The molecule has 4 rings (SSSR count). The first-order valence-electron chi connectivity index (χ1n) is 10.0. The first-order valence-corrected chi connectivity index (χ1v) is 10.4. The summed E-state index contributed by atoms with van der Waals surface area (Å²) < 4.78 is 0. The number of likely N-dealkylation sites (N-methyl/N-ethyl adjacent to an activating group) is 1. The van der Waals surface area contributed by atoms with Gasteiger partial charge in [-0.3, -0.25) is 9.69 Å². The molecule has 0 radical (unpaired) electrons. The van der Waals surface area contributed by atoms with Gasteiger partial charge in [0, 0.05) is 37.7 Å². The Kier molecular flexibility index (Phi) is 6.14. The number of rotatable bonds is 6. The number of halogens is 1. The van der Waals surface area contributed by atoms with Gasteiger partial charge in [-0.1, -0.05) is 72.3 Å². The maximum atomic E-state index is 12.6. The Morgan fingerprint density at radius 2 is 1.76 bits per heavy atom. The first-order chi connectivity index (χ1) is 14.2. The molecule has 1 amide bonds. The molecule has 0 saturated carbocycles. The number of nitrogens with one attached hydrogen (secondary N) is 2. The molecule has 5 heteroatoms. The van der Waals surface area contributed by atoms with Gasteiger partial charge in [0.15, 0.2) is 0 Å². The van der Waals surface area contributed by atoms with E-state index in [0.717, 1.165) is 30.1 Å². The topological polar surface area (TPSA) is 44.4 Å². The third-order valence-corrected chi connectivity index (χ3v) is 6.11. The van der Waals surface area contributed by atoms with E-state index in [4.69, 9.17) is 11.6 Å². The van der Waals surface area contributed by atoms with Crippen LogP contribution in [-0.4, -0.2) is 36.5 Å². The average molecular weight is 408 g/mol. The Bertz CT molecular complexity index is 1000. The smallest absolute Gasteiger partial charge is 0.237 e. The highest BCUT2D eigenvalue weighted by molar-refractivity contribution is 6.31. The Balaban J connectivity index is 1.50. The highest BCUT2D eigenvalue weighted by Gasteiger charge is 2.36. The number of hydrogen-bond donors (Lipinski definition) is 2. The molecular weight excluding hydrogens is 382 g/mol. The van der Waals surface area contributed by atoms with Crippen molar-refractivity contribution in [1.82, 2.24) is 15.5 Å². The van der Waals surface area contributed by atoms with Crippen LogP contribution in [0.4, 0.5) is 0 Å². The molecule has 150 valence electrons. The Hall–Kier alpha value is -2.40. The van der Waals surface area contributed by atoms with Gasteiger partial charge in [-0.05, 0) is 34.4 Å². The third kappa shape index (κ3) is 4.45. The summed E-state index contributed by atoms with van der Waals surface area (Å²) in [7, 11) is 1.71. The molecule has 0 aromatic heterocycles. The fourth-order valence-corrected chi connectivity index (χ4v) is 4.41. The summed E-state index contributed by atoms with van der Waals surface area (Å²) in [4.78, 5) is 14.8. The van der Waals surface area contributed by atoms with Crippen molar-refractivity contribution in [1.29, 1.82) is 0 Å². The van der Waals surface area contributed by atoms with Crippen molar-refractivity contribution in [3.05, 3.63) is 82.9 Å². The van der Waals surface area contributed by atoms with E-state index in [1.54, 1.807) is 7.05 Å². The van der Waals surface area contributed by atoms with E-state index >= 15 is 0 Å². The summed E-state index contributed by atoms with van der Waals surface area (Å²) in [6.45, 7) is 2.28. The van der Waals surface area contributed by atoms with Crippen molar-refractivity contribution in [2.45, 2.75) is 31.6 Å². The van der Waals surface area contributed by atoms with E-state index in [-0.39, 0.29) is 18.0 Å². The molecule has 2 N–H and O–H groups in total. The van der Waals surface area contributed by atoms with Crippen LogP contribution in [0.25, 0.3) is 10.8 Å². The largest absolute Gasteiger partial charge is 0.358 e. The van der Waals surface area contributed by atoms with E-state index in [1.165, 1.54) is 16.3 Å². The molecule has 1 fully saturated rings. The monoisotopic (exact) mass is 407 g/mol. The molecule has 4 nitrogen and oxygen atoms in total. The molecule has 0 unspecified atom stereocenters. The zero-order valence-corrected chi connectivity index (χ0v) is 17.3. The average Bonchev–Trinajstić information content (AvgIpc) is 3.15. The number of fused-ring (bicyclic) bond motifs is 1. The van der Waals surface area contributed by atoms with E-state index in [0.29, 0.717) is 6.54 Å². The molecule has 1 aliphatic rings. The molecule has 1 saturated heterocycles. The number of benzene rings is 3. The van der Waals surface area contributed by atoms with Gasteiger partial charge in [-0.25, -0.2) is 0 Å². The van der Waals surface area contributed by atoms with E-state index in [9.17, 15) is 4.79 Å². The minimum absolute atomic E-state index is 0.0762. The van der Waals surface area contributed by atoms with Crippen molar-refractivity contribution in [3.8, 4) is 0 Å². The Morgan fingerprint density at radius 1 is 1.03 bits per heavy atom. The Labute approximate surface area is 176 Å². The van der Waals surface area contributed by atoms with Crippen LogP contribution >= 0.6 is 11.6 Å². The predicted molar refractivity (Wildman–Crippen MR) is 119 cm³/mol. The minimum atomic E-state index is -0.136. The number of nitrogens with zero attached hydrogens (tertiary/aromatic N) is 1. The summed E-state index contributed by atoms with van der Waals surface area (Å²) in [6, 6.07) is 22.8. The quantitative estimate of drug-likeness (QED) is 0.649. The SMILES string of the molecule is CNC(=O)[C@@H]1C[C@H](NCc2ccccc2Cl)CN1Cc1cccc2ccccc12. The predicted octanol–water partition coefficient (Wildman–Crippen LogP) is 3.97. The van der Waals surface area contributed by atoms with Crippen LogP contribution < -0.4 is 10.6 Å². The lowest BCUT2D eigenvalue weighted by Gasteiger charge is -2.23. The van der Waals surface area contributed by atoms with Crippen molar-refractivity contribution in [2.24, 2.45) is 0 Å². The number of amides is 1. The lowest BCUT2D eigenvalue weighted by atomic mass is 10.0. The number of likely N-dealkylation sites (tertiary alicyclic amines) is 1. The molecule has 0 spiro atoms. The van der Waals surface area contributed by atoms with Gasteiger partial charge in [0.05, 0.1) is 6.04 Å². The van der Waals surface area contributed by atoms with Gasteiger partial charge < -0.3 is 10.6 Å². The van der Waals surface area contributed by atoms with E-state index in [2.05, 4.69) is 58.0 Å². The lowest BCUT2D eigenvalue weighted by molar-refractivity contribution is -0.125. The number of carbonyl (C=O) groups is 1. The molecule has 0 bridgehead atoms. The van der Waals surface area contributed by atoms with Gasteiger partial charge in [-0.2, -0.15) is 0 Å². The van der Waals surface area contributed by atoms with Crippen LogP contribution in [0.3, 0.4) is 0 Å². The zero-order chi connectivity index (χ0) is 20.2. The Morgan fingerprint density at radius 3 is 2.59 bits per heavy atom. The fraction of sp³-hybridized carbons (Fsp3) is 0.292. The number of hydrogen-bond acceptors (Lipinski definition) is 3. The van der Waals surface area contributed by atoms with Crippen LogP contribution in [0.15, 0.2) is 66.7 Å². The standard InChI is InChI=1S/C24H26ClN3O/c1-26-24(29)23-13-20(27-14-18-8-3-5-12-22(18)25)16-28(23)15-19-10-6-9-17-7-2-4-11-21(17)19/h2-12,20,23,27H,13-16H2,1H3,(H,26,29)/t20-,23-/m0/s1. The van der Waals surface area contributed by atoms with Crippen molar-refractivity contribution in [3.63, 3.8) is 0 Å². The summed E-state index contributed by atoms with van der Waals surface area (Å²) in [6.07, 6.45) is 0.787. The molecule has 1 heterocycles. The van der Waals surface area contributed by atoms with Crippen LogP contribution in [0.5, 0.6) is 0 Å². The van der Waals surface area contributed by atoms with Gasteiger partial charge in [0.2, 0.25) is 5.91 Å². The maximum Gasteiger partial charge on any atom is 0.237 e. The lowest BCUT2D eigenvalue weighted by Crippen LogP contribution is -2.41. The number of carbonyl (C=O) groups excluding carboxylic acids is 1. The molecule has 2 atom stereocenters. The summed E-state index contributed by atoms with van der Waals surface area (Å²) in [5.74, 6) is 0.0762. The first kappa shape index (κ1) is 19.9. The third-order valence-electron chi connectivity index (χ3n) is 5.74. The zero-order valence-electron chi connectivity index (χ0n) is 16.6. The molecule has 1 aliphatic heterocycles. The maximum absolute atomic E-state index is 12.6. The fourth-order valence-electron chi connectivity index (χ4n) is 4.21. The van der Waals surface area contributed by atoms with Crippen molar-refractivity contribution in [2.75, 3.05) is 13.6 Å².